The van der Waals surface area contributed by atoms with E-state index < -0.39 is 0 Å². The molecule has 0 spiro atoms. The van der Waals surface area contributed by atoms with Crippen LogP contribution in [-0.2, 0) is 0 Å². The summed E-state index contributed by atoms with van der Waals surface area (Å²) in [6.45, 7) is 0. The van der Waals surface area contributed by atoms with Crippen molar-refractivity contribution in [3.63, 3.8) is 0 Å². The van der Waals surface area contributed by atoms with Crippen LogP contribution < -0.4 is 10.6 Å². The minimum absolute atomic E-state index is 0.200. The van der Waals surface area contributed by atoms with Gasteiger partial charge in [-0.3, -0.25) is 20.2 Å². The van der Waals surface area contributed by atoms with Crippen LogP contribution in [0.5, 0.6) is 0 Å². The van der Waals surface area contributed by atoms with E-state index in [2.05, 4.69) is 20.6 Å². The normalized spacial score (nSPS) is 10.7. The Bertz CT molecular complexity index is 1170. The van der Waals surface area contributed by atoms with E-state index in [0.29, 0.717) is 32.8 Å². The zero-order valence-electron chi connectivity index (χ0n) is 17.1. The second-order valence-electron chi connectivity index (χ2n) is 6.38. The average molecular weight is 499 g/mol. The van der Waals surface area contributed by atoms with E-state index in [9.17, 15) is 9.59 Å². The van der Waals surface area contributed by atoms with Gasteiger partial charge in [0.25, 0.3) is 11.8 Å². The molecule has 0 aliphatic carbocycles. The van der Waals surface area contributed by atoms with Gasteiger partial charge in [-0.15, -0.1) is 46.2 Å². The van der Waals surface area contributed by atoms with Crippen LogP contribution in [0.3, 0.4) is 0 Å². The Hall–Kier alpha value is -2.66. The standard InChI is InChI=1S/C22H18N4O2S4/c1-29-17-9-5-3-7-13(17)19(27)25-21-23-15(11-31-21)16-12-32-22(24-16)26-20(28)14-8-4-6-10-18(14)30-2/h3-12H,1-2H3,(H,23,25,27)(H,24,26,28). The van der Waals surface area contributed by atoms with Crippen molar-refractivity contribution in [3.05, 3.63) is 70.4 Å². The van der Waals surface area contributed by atoms with Gasteiger partial charge in [0.05, 0.1) is 11.1 Å². The zero-order chi connectivity index (χ0) is 22.5. The van der Waals surface area contributed by atoms with Crippen LogP contribution in [0.4, 0.5) is 10.3 Å². The third kappa shape index (κ3) is 5.04. The van der Waals surface area contributed by atoms with Crippen molar-refractivity contribution in [2.45, 2.75) is 9.79 Å². The van der Waals surface area contributed by atoms with E-state index >= 15 is 0 Å². The molecule has 6 nitrogen and oxygen atoms in total. The van der Waals surface area contributed by atoms with E-state index in [-0.39, 0.29) is 11.8 Å². The number of nitrogens with zero attached hydrogens (tertiary/aromatic N) is 2. The molecule has 0 aliphatic heterocycles. The van der Waals surface area contributed by atoms with Crippen molar-refractivity contribution in [3.8, 4) is 11.4 Å². The maximum atomic E-state index is 12.6. The fourth-order valence-electron chi connectivity index (χ4n) is 2.89. The van der Waals surface area contributed by atoms with Gasteiger partial charge in [-0.2, -0.15) is 0 Å². The predicted molar refractivity (Wildman–Crippen MR) is 136 cm³/mol. The second kappa shape index (κ2) is 10.3. The molecule has 4 aromatic rings. The summed E-state index contributed by atoms with van der Waals surface area (Å²) in [7, 11) is 0. The van der Waals surface area contributed by atoms with Crippen LogP contribution in [0.25, 0.3) is 11.4 Å². The van der Waals surface area contributed by atoms with Gasteiger partial charge in [0.1, 0.15) is 11.4 Å². The van der Waals surface area contributed by atoms with Crippen molar-refractivity contribution in [1.82, 2.24) is 9.97 Å². The maximum absolute atomic E-state index is 12.6. The van der Waals surface area contributed by atoms with Gasteiger partial charge in [0.2, 0.25) is 0 Å². The number of thioether (sulfide) groups is 2. The van der Waals surface area contributed by atoms with Gasteiger partial charge < -0.3 is 0 Å². The van der Waals surface area contributed by atoms with Crippen molar-refractivity contribution >= 4 is 68.3 Å². The number of carbonyl (C=O) groups excluding carboxylic acids is 2. The first-order valence-corrected chi connectivity index (χ1v) is 13.6. The molecule has 162 valence electrons. The maximum Gasteiger partial charge on any atom is 0.258 e. The Balaban J connectivity index is 1.45. The Kier molecular flexibility index (Phi) is 7.26. The van der Waals surface area contributed by atoms with E-state index in [4.69, 9.17) is 0 Å². The number of nitrogens with one attached hydrogen (secondary N) is 2. The second-order valence-corrected chi connectivity index (χ2v) is 9.80. The quantitative estimate of drug-likeness (QED) is 0.295. The Morgan fingerprint density at radius 3 is 1.53 bits per heavy atom. The number of aromatic nitrogens is 2. The third-order valence-corrected chi connectivity index (χ3v) is 7.52. The molecule has 2 aromatic heterocycles. The first-order chi connectivity index (χ1) is 15.6. The summed E-state index contributed by atoms with van der Waals surface area (Å²) >= 11 is 5.71. The summed E-state index contributed by atoms with van der Waals surface area (Å²) in [4.78, 5) is 36.1. The highest BCUT2D eigenvalue weighted by Gasteiger charge is 2.16. The van der Waals surface area contributed by atoms with Crippen molar-refractivity contribution < 1.29 is 9.59 Å². The molecule has 2 aromatic carbocycles. The van der Waals surface area contributed by atoms with Gasteiger partial charge in [-0.25, -0.2) is 9.97 Å². The van der Waals surface area contributed by atoms with E-state index in [1.54, 1.807) is 12.1 Å². The largest absolute Gasteiger partial charge is 0.298 e. The molecule has 0 saturated heterocycles. The summed E-state index contributed by atoms with van der Waals surface area (Å²) in [5, 5.41) is 10.4. The van der Waals surface area contributed by atoms with Crippen LogP contribution in [0.1, 0.15) is 20.7 Å². The predicted octanol–water partition coefficient (Wildman–Crippen LogP) is 6.22. The first-order valence-electron chi connectivity index (χ1n) is 9.39. The first kappa shape index (κ1) is 22.5. The molecule has 32 heavy (non-hydrogen) atoms. The SMILES string of the molecule is CSc1ccccc1C(=O)Nc1nc(-c2csc(NC(=O)c3ccccc3SC)n2)cs1. The Labute approximate surface area is 201 Å². The molecule has 2 amide bonds. The number of anilines is 2. The number of rotatable bonds is 7. The van der Waals surface area contributed by atoms with Gasteiger partial charge in [0.15, 0.2) is 10.3 Å². The molecule has 0 saturated carbocycles. The van der Waals surface area contributed by atoms with Crippen molar-refractivity contribution in [1.29, 1.82) is 0 Å². The molecule has 0 fully saturated rings. The molecule has 0 atom stereocenters. The fourth-order valence-corrected chi connectivity index (χ4v) is 5.48. The summed E-state index contributed by atoms with van der Waals surface area (Å²) < 4.78 is 0. The van der Waals surface area contributed by atoms with Gasteiger partial charge in [-0.1, -0.05) is 24.3 Å². The minimum atomic E-state index is -0.200. The molecule has 0 aliphatic rings. The summed E-state index contributed by atoms with van der Waals surface area (Å²) in [6.07, 6.45) is 3.87. The summed E-state index contributed by atoms with van der Waals surface area (Å²) in [6, 6.07) is 14.9. The molecular weight excluding hydrogens is 481 g/mol. The zero-order valence-corrected chi connectivity index (χ0v) is 20.4. The molecule has 2 N–H and O–H groups in total. The number of hydrogen-bond acceptors (Lipinski definition) is 8. The van der Waals surface area contributed by atoms with Crippen molar-refractivity contribution in [2.24, 2.45) is 0 Å². The topological polar surface area (TPSA) is 84.0 Å². The van der Waals surface area contributed by atoms with Gasteiger partial charge in [-0.05, 0) is 36.8 Å². The fraction of sp³-hybridized carbons (Fsp3) is 0.0909. The molecular formula is C22H18N4O2S4. The minimum Gasteiger partial charge on any atom is -0.298 e. The Morgan fingerprint density at radius 1 is 0.719 bits per heavy atom. The number of thiazole rings is 2. The monoisotopic (exact) mass is 498 g/mol. The molecule has 0 radical (unpaired) electrons. The van der Waals surface area contributed by atoms with Crippen molar-refractivity contribution in [2.75, 3.05) is 23.1 Å². The lowest BCUT2D eigenvalue weighted by atomic mass is 10.2. The van der Waals surface area contributed by atoms with Crippen LogP contribution in [-0.4, -0.2) is 34.3 Å². The number of hydrogen-bond donors (Lipinski definition) is 2. The molecule has 0 unspecified atom stereocenters. The van der Waals surface area contributed by atoms with E-state index in [0.717, 1.165) is 9.79 Å². The Morgan fingerprint density at radius 2 is 1.12 bits per heavy atom. The molecule has 2 heterocycles. The highest BCUT2D eigenvalue weighted by Crippen LogP contribution is 2.29. The number of benzene rings is 2. The van der Waals surface area contributed by atoms with E-state index in [1.807, 2.05) is 59.7 Å². The highest BCUT2D eigenvalue weighted by molar-refractivity contribution is 7.99. The van der Waals surface area contributed by atoms with Crippen LogP contribution in [0.2, 0.25) is 0 Å². The van der Waals surface area contributed by atoms with Crippen LogP contribution in [0, 0.1) is 0 Å². The summed E-state index contributed by atoms with van der Waals surface area (Å²) in [5.74, 6) is -0.399. The average Bonchev–Trinajstić information content (AvgIpc) is 3.48. The lowest BCUT2D eigenvalue weighted by Crippen LogP contribution is -2.13. The molecule has 10 heteroatoms. The van der Waals surface area contributed by atoms with Crippen LogP contribution >= 0.6 is 46.2 Å². The number of amides is 2. The van der Waals surface area contributed by atoms with Crippen LogP contribution in [0.15, 0.2) is 69.1 Å². The third-order valence-electron chi connectivity index (χ3n) is 4.41. The molecule has 0 bridgehead atoms. The smallest absolute Gasteiger partial charge is 0.258 e. The van der Waals surface area contributed by atoms with Gasteiger partial charge in [0, 0.05) is 20.6 Å². The lowest BCUT2D eigenvalue weighted by Gasteiger charge is -2.06. The number of carbonyl (C=O) groups is 2. The highest BCUT2D eigenvalue weighted by atomic mass is 32.2. The lowest BCUT2D eigenvalue weighted by molar-refractivity contribution is 0.101. The summed E-state index contributed by atoms with van der Waals surface area (Å²) in [5.41, 5.74) is 2.51. The molecule has 4 rings (SSSR count). The van der Waals surface area contributed by atoms with Gasteiger partial charge >= 0.3 is 0 Å². The van der Waals surface area contributed by atoms with E-state index in [1.165, 1.54) is 46.2 Å².